The summed E-state index contributed by atoms with van der Waals surface area (Å²) in [5.74, 6) is -0.162. The molecule has 0 saturated heterocycles. The van der Waals surface area contributed by atoms with Gasteiger partial charge in [0.1, 0.15) is 5.82 Å². The molecule has 0 saturated carbocycles. The quantitative estimate of drug-likeness (QED) is 0.880. The molecule has 0 aliphatic heterocycles. The van der Waals surface area contributed by atoms with Gasteiger partial charge < -0.3 is 10.2 Å². The molecule has 0 aromatic heterocycles. The first-order chi connectivity index (χ1) is 10.0. The van der Waals surface area contributed by atoms with Gasteiger partial charge in [-0.3, -0.25) is 0 Å². The molecule has 0 atom stereocenters. The number of anilines is 2. The molecule has 21 heavy (non-hydrogen) atoms. The lowest BCUT2D eigenvalue weighted by molar-refractivity contribution is 0.593. The number of aryl methyl sites for hydroxylation is 2. The van der Waals surface area contributed by atoms with Crippen molar-refractivity contribution in [2.45, 2.75) is 27.3 Å². The number of nitrogens with zero attached hydrogens (tertiary/aromatic N) is 1. The third kappa shape index (κ3) is 3.42. The van der Waals surface area contributed by atoms with Crippen LogP contribution < -0.4 is 10.2 Å². The van der Waals surface area contributed by atoms with Crippen LogP contribution in [-0.4, -0.2) is 13.6 Å². The van der Waals surface area contributed by atoms with Crippen LogP contribution in [0.15, 0.2) is 36.4 Å². The van der Waals surface area contributed by atoms with E-state index in [2.05, 4.69) is 42.3 Å². The fourth-order valence-corrected chi connectivity index (χ4v) is 2.60. The van der Waals surface area contributed by atoms with E-state index in [1.165, 1.54) is 17.2 Å². The second kappa shape index (κ2) is 6.72. The van der Waals surface area contributed by atoms with Crippen LogP contribution >= 0.6 is 0 Å². The summed E-state index contributed by atoms with van der Waals surface area (Å²) in [6.45, 7) is 7.54. The maximum atomic E-state index is 14.1. The summed E-state index contributed by atoms with van der Waals surface area (Å²) < 4.78 is 14.1. The lowest BCUT2D eigenvalue weighted by Gasteiger charge is -2.25. The Morgan fingerprint density at radius 3 is 2.52 bits per heavy atom. The number of rotatable bonds is 5. The highest BCUT2D eigenvalue weighted by molar-refractivity contribution is 5.68. The molecule has 2 nitrogen and oxygen atoms in total. The average Bonchev–Trinajstić information content (AvgIpc) is 2.45. The Kier molecular flexibility index (Phi) is 4.97. The van der Waals surface area contributed by atoms with Crippen molar-refractivity contribution in [2.24, 2.45) is 0 Å². The van der Waals surface area contributed by atoms with Crippen LogP contribution in [0.25, 0.3) is 0 Å². The predicted molar refractivity (Wildman–Crippen MR) is 87.8 cm³/mol. The normalized spacial score (nSPS) is 10.7. The molecule has 0 unspecified atom stereocenters. The van der Waals surface area contributed by atoms with Gasteiger partial charge in [0.25, 0.3) is 0 Å². The number of halogens is 1. The zero-order valence-corrected chi connectivity index (χ0v) is 13.2. The van der Waals surface area contributed by atoms with Gasteiger partial charge in [-0.05, 0) is 44.2 Å². The van der Waals surface area contributed by atoms with Crippen LogP contribution in [0, 0.1) is 19.7 Å². The van der Waals surface area contributed by atoms with E-state index in [4.69, 9.17) is 0 Å². The summed E-state index contributed by atoms with van der Waals surface area (Å²) in [4.78, 5) is 2.06. The average molecular weight is 286 g/mol. The summed E-state index contributed by atoms with van der Waals surface area (Å²) in [5.41, 5.74) is 5.14. The van der Waals surface area contributed by atoms with Crippen molar-refractivity contribution >= 4 is 11.4 Å². The minimum atomic E-state index is -0.162. The molecule has 0 spiro atoms. The first kappa shape index (κ1) is 15.5. The highest BCUT2D eigenvalue weighted by Crippen LogP contribution is 2.31. The van der Waals surface area contributed by atoms with Crippen molar-refractivity contribution in [2.75, 3.05) is 18.5 Å². The van der Waals surface area contributed by atoms with Crippen LogP contribution in [0.1, 0.15) is 23.6 Å². The molecule has 0 heterocycles. The van der Waals surface area contributed by atoms with Gasteiger partial charge in [0.15, 0.2) is 0 Å². The number of nitrogens with one attached hydrogen (secondary N) is 1. The fraction of sp³-hybridized carbons (Fsp3) is 0.333. The fourth-order valence-electron chi connectivity index (χ4n) is 2.60. The zero-order chi connectivity index (χ0) is 15.4. The summed E-state index contributed by atoms with van der Waals surface area (Å²) in [6.07, 6.45) is 0. The van der Waals surface area contributed by atoms with E-state index < -0.39 is 0 Å². The van der Waals surface area contributed by atoms with Crippen molar-refractivity contribution in [1.82, 2.24) is 5.32 Å². The summed E-state index contributed by atoms with van der Waals surface area (Å²) in [6, 6.07) is 11.6. The topological polar surface area (TPSA) is 15.3 Å². The van der Waals surface area contributed by atoms with E-state index >= 15 is 0 Å². The van der Waals surface area contributed by atoms with Gasteiger partial charge >= 0.3 is 0 Å². The van der Waals surface area contributed by atoms with Crippen molar-refractivity contribution in [3.8, 4) is 0 Å². The Morgan fingerprint density at radius 1 is 1.10 bits per heavy atom. The summed E-state index contributed by atoms with van der Waals surface area (Å²) >= 11 is 0. The van der Waals surface area contributed by atoms with E-state index in [0.717, 1.165) is 17.9 Å². The van der Waals surface area contributed by atoms with Crippen LogP contribution in [0.5, 0.6) is 0 Å². The van der Waals surface area contributed by atoms with Crippen LogP contribution in [0.4, 0.5) is 15.8 Å². The second-order valence-corrected chi connectivity index (χ2v) is 5.37. The van der Waals surface area contributed by atoms with E-state index in [1.54, 1.807) is 6.07 Å². The summed E-state index contributed by atoms with van der Waals surface area (Å²) in [7, 11) is 1.99. The van der Waals surface area contributed by atoms with Gasteiger partial charge in [0.05, 0.1) is 0 Å². The summed E-state index contributed by atoms with van der Waals surface area (Å²) in [5, 5.41) is 3.21. The van der Waals surface area contributed by atoms with E-state index in [9.17, 15) is 4.39 Å². The zero-order valence-electron chi connectivity index (χ0n) is 13.2. The molecule has 112 valence electrons. The molecule has 1 N–H and O–H groups in total. The molecule has 0 amide bonds. The molecule has 0 fully saturated rings. The Morgan fingerprint density at radius 2 is 1.86 bits per heavy atom. The lowest BCUT2D eigenvalue weighted by Crippen LogP contribution is -2.19. The third-order valence-corrected chi connectivity index (χ3v) is 3.72. The third-order valence-electron chi connectivity index (χ3n) is 3.72. The van der Waals surface area contributed by atoms with Crippen molar-refractivity contribution in [3.63, 3.8) is 0 Å². The standard InChI is InChI=1S/C18H23FN2/c1-5-20-12-15-16(19)7-6-8-18(15)21(4)17-10-9-13(2)11-14(17)3/h6-11,20H,5,12H2,1-4H3. The van der Waals surface area contributed by atoms with E-state index in [0.29, 0.717) is 12.1 Å². The largest absolute Gasteiger partial charge is 0.344 e. The molecule has 0 bridgehead atoms. The Hall–Kier alpha value is -1.87. The second-order valence-electron chi connectivity index (χ2n) is 5.37. The van der Waals surface area contributed by atoms with Crippen LogP contribution in [0.2, 0.25) is 0 Å². The first-order valence-corrected chi connectivity index (χ1v) is 7.33. The van der Waals surface area contributed by atoms with Gasteiger partial charge in [-0.25, -0.2) is 4.39 Å². The highest BCUT2D eigenvalue weighted by Gasteiger charge is 2.14. The maximum absolute atomic E-state index is 14.1. The van der Waals surface area contributed by atoms with Crippen molar-refractivity contribution in [3.05, 3.63) is 58.9 Å². The SMILES string of the molecule is CCNCc1c(F)cccc1N(C)c1ccc(C)cc1C. The lowest BCUT2D eigenvalue weighted by atomic mass is 10.1. The van der Waals surface area contributed by atoms with Crippen molar-refractivity contribution in [1.29, 1.82) is 0 Å². The monoisotopic (exact) mass is 286 g/mol. The minimum absolute atomic E-state index is 0.162. The molecule has 2 rings (SSSR count). The Labute approximate surface area is 126 Å². The first-order valence-electron chi connectivity index (χ1n) is 7.33. The molecule has 0 aliphatic rings. The van der Waals surface area contributed by atoms with Gasteiger partial charge in [-0.2, -0.15) is 0 Å². The minimum Gasteiger partial charge on any atom is -0.344 e. The Bertz CT molecular complexity index is 623. The van der Waals surface area contributed by atoms with Gasteiger partial charge in [-0.1, -0.05) is 30.7 Å². The Balaban J connectivity index is 2.42. The van der Waals surface area contributed by atoms with Crippen LogP contribution in [0.3, 0.4) is 0 Å². The van der Waals surface area contributed by atoms with E-state index in [-0.39, 0.29) is 5.82 Å². The number of benzene rings is 2. The van der Waals surface area contributed by atoms with Gasteiger partial charge in [0.2, 0.25) is 0 Å². The van der Waals surface area contributed by atoms with E-state index in [1.807, 2.05) is 20.0 Å². The molecule has 3 heteroatoms. The number of hydrogen-bond donors (Lipinski definition) is 1. The molecule has 2 aromatic rings. The molecule has 0 radical (unpaired) electrons. The van der Waals surface area contributed by atoms with Crippen molar-refractivity contribution < 1.29 is 4.39 Å². The highest BCUT2D eigenvalue weighted by atomic mass is 19.1. The molecule has 2 aromatic carbocycles. The maximum Gasteiger partial charge on any atom is 0.129 e. The van der Waals surface area contributed by atoms with Gasteiger partial charge in [-0.15, -0.1) is 0 Å². The predicted octanol–water partition coefficient (Wildman–Crippen LogP) is 4.32. The molecular weight excluding hydrogens is 263 g/mol. The smallest absolute Gasteiger partial charge is 0.129 e. The van der Waals surface area contributed by atoms with Crippen LogP contribution in [-0.2, 0) is 6.54 Å². The number of hydrogen-bond acceptors (Lipinski definition) is 2. The van der Waals surface area contributed by atoms with Gasteiger partial charge in [0, 0.05) is 30.5 Å². The molecular formula is C18H23FN2. The molecule has 0 aliphatic carbocycles.